The average molecular weight is 421 g/mol. The number of ketones is 1. The molecule has 7 nitrogen and oxygen atoms in total. The van der Waals surface area contributed by atoms with E-state index in [1.54, 1.807) is 38.3 Å². The normalized spacial score (nSPS) is 13.9. The molecule has 31 heavy (non-hydrogen) atoms. The van der Waals surface area contributed by atoms with Crippen molar-refractivity contribution in [1.82, 2.24) is 4.57 Å². The molecule has 2 heterocycles. The van der Waals surface area contributed by atoms with Crippen LogP contribution in [0, 0.1) is 0 Å². The van der Waals surface area contributed by atoms with Gasteiger partial charge in [0.1, 0.15) is 17.2 Å². The number of Topliss-reactive ketones (excluding diaryl/α,β-unsaturated/α-hetero) is 1. The third-order valence-corrected chi connectivity index (χ3v) is 5.05. The van der Waals surface area contributed by atoms with Crippen LogP contribution in [0.4, 0.5) is 0 Å². The number of ether oxygens (including phenoxy) is 4. The van der Waals surface area contributed by atoms with Crippen molar-refractivity contribution < 1.29 is 28.5 Å². The second-order valence-corrected chi connectivity index (χ2v) is 6.94. The van der Waals surface area contributed by atoms with Crippen molar-refractivity contribution >= 4 is 28.7 Å². The summed E-state index contributed by atoms with van der Waals surface area (Å²) in [6.45, 7) is 4.67. The molecule has 2 aromatic carbocycles. The number of carbonyl (C=O) groups is 2. The highest BCUT2D eigenvalue weighted by atomic mass is 16.6. The van der Waals surface area contributed by atoms with Crippen LogP contribution >= 0.6 is 0 Å². The van der Waals surface area contributed by atoms with Crippen LogP contribution in [0.1, 0.15) is 29.8 Å². The van der Waals surface area contributed by atoms with Gasteiger partial charge in [0.2, 0.25) is 5.78 Å². The predicted molar refractivity (Wildman–Crippen MR) is 116 cm³/mol. The number of aryl methyl sites for hydroxylation is 1. The van der Waals surface area contributed by atoms with Gasteiger partial charge in [-0.2, -0.15) is 0 Å². The minimum absolute atomic E-state index is 0.202. The van der Waals surface area contributed by atoms with E-state index in [9.17, 15) is 9.59 Å². The van der Waals surface area contributed by atoms with E-state index in [2.05, 4.69) is 11.5 Å². The second kappa shape index (κ2) is 8.55. The number of benzene rings is 2. The van der Waals surface area contributed by atoms with Crippen LogP contribution in [-0.2, 0) is 16.1 Å². The first kappa shape index (κ1) is 20.5. The Balaban J connectivity index is 1.62. The number of hydrogen-bond donors (Lipinski definition) is 0. The van der Waals surface area contributed by atoms with E-state index in [0.29, 0.717) is 23.7 Å². The lowest BCUT2D eigenvalue weighted by atomic mass is 10.1. The monoisotopic (exact) mass is 421 g/mol. The number of esters is 1. The van der Waals surface area contributed by atoms with Gasteiger partial charge in [0.15, 0.2) is 12.4 Å². The standard InChI is InChI=1S/C24H23NO6/c1-4-25-13-15(19-11-16(28-3)7-9-20(19)25)10-22-24(27)18-8-6-17(12-21(18)31-22)30-14-23(26)29-5-2/h6-13H,4-5,14H2,1-3H3. The zero-order chi connectivity index (χ0) is 22.0. The number of aromatic nitrogens is 1. The number of allylic oxidation sites excluding steroid dienone is 1. The van der Waals surface area contributed by atoms with Crippen molar-refractivity contribution in [3.63, 3.8) is 0 Å². The van der Waals surface area contributed by atoms with Gasteiger partial charge in [-0.15, -0.1) is 0 Å². The number of nitrogens with zero attached hydrogens (tertiary/aromatic N) is 1. The zero-order valence-corrected chi connectivity index (χ0v) is 17.6. The molecule has 0 radical (unpaired) electrons. The van der Waals surface area contributed by atoms with Crippen molar-refractivity contribution in [2.75, 3.05) is 20.3 Å². The average Bonchev–Trinajstić information content (AvgIpc) is 3.29. The van der Waals surface area contributed by atoms with Crippen LogP contribution in [0.3, 0.4) is 0 Å². The maximum Gasteiger partial charge on any atom is 0.344 e. The van der Waals surface area contributed by atoms with Crippen LogP contribution in [0.25, 0.3) is 17.0 Å². The van der Waals surface area contributed by atoms with E-state index >= 15 is 0 Å². The Bertz CT molecular complexity index is 1190. The minimum Gasteiger partial charge on any atom is -0.497 e. The van der Waals surface area contributed by atoms with E-state index in [1.807, 2.05) is 24.4 Å². The molecule has 0 atom stereocenters. The van der Waals surface area contributed by atoms with Gasteiger partial charge in [-0.1, -0.05) is 0 Å². The SMILES string of the molecule is CCOC(=O)COc1ccc2c(c1)OC(=Cc1cn(CC)c3ccc(OC)cc13)C2=O. The van der Waals surface area contributed by atoms with E-state index in [0.717, 1.165) is 28.8 Å². The molecular formula is C24H23NO6. The molecule has 0 saturated heterocycles. The summed E-state index contributed by atoms with van der Waals surface area (Å²) in [7, 11) is 1.62. The summed E-state index contributed by atoms with van der Waals surface area (Å²) in [4.78, 5) is 24.3. The highest BCUT2D eigenvalue weighted by molar-refractivity contribution is 6.15. The molecule has 4 rings (SSSR count). The van der Waals surface area contributed by atoms with E-state index < -0.39 is 5.97 Å². The molecule has 1 aromatic heterocycles. The molecule has 0 unspecified atom stereocenters. The molecule has 160 valence electrons. The second-order valence-electron chi connectivity index (χ2n) is 6.94. The number of fused-ring (bicyclic) bond motifs is 2. The fourth-order valence-corrected chi connectivity index (χ4v) is 3.55. The van der Waals surface area contributed by atoms with Crippen LogP contribution in [0.5, 0.6) is 17.2 Å². The fourth-order valence-electron chi connectivity index (χ4n) is 3.55. The quantitative estimate of drug-likeness (QED) is 0.420. The van der Waals surface area contributed by atoms with Crippen molar-refractivity contribution in [3.8, 4) is 17.2 Å². The van der Waals surface area contributed by atoms with Gasteiger partial charge in [0, 0.05) is 35.3 Å². The molecule has 1 aliphatic rings. The van der Waals surface area contributed by atoms with E-state index in [-0.39, 0.29) is 18.1 Å². The van der Waals surface area contributed by atoms with Gasteiger partial charge in [0.05, 0.1) is 19.3 Å². The summed E-state index contributed by atoms with van der Waals surface area (Å²) in [5.74, 6) is 1.14. The van der Waals surface area contributed by atoms with Crippen molar-refractivity contribution in [2.24, 2.45) is 0 Å². The first-order valence-electron chi connectivity index (χ1n) is 10.1. The van der Waals surface area contributed by atoms with Gasteiger partial charge in [-0.05, 0) is 50.3 Å². The van der Waals surface area contributed by atoms with Crippen LogP contribution in [0.15, 0.2) is 48.4 Å². The zero-order valence-electron chi connectivity index (χ0n) is 17.6. The molecule has 3 aromatic rings. The maximum absolute atomic E-state index is 12.9. The lowest BCUT2D eigenvalue weighted by molar-refractivity contribution is -0.145. The van der Waals surface area contributed by atoms with Crippen molar-refractivity contribution in [2.45, 2.75) is 20.4 Å². The third-order valence-electron chi connectivity index (χ3n) is 5.05. The summed E-state index contributed by atoms with van der Waals surface area (Å²) >= 11 is 0. The lowest BCUT2D eigenvalue weighted by Crippen LogP contribution is -2.14. The summed E-state index contributed by atoms with van der Waals surface area (Å²) in [6.07, 6.45) is 3.74. The molecule has 0 N–H and O–H groups in total. The van der Waals surface area contributed by atoms with Gasteiger partial charge >= 0.3 is 5.97 Å². The van der Waals surface area contributed by atoms with Gasteiger partial charge in [-0.3, -0.25) is 4.79 Å². The molecule has 0 spiro atoms. The van der Waals surface area contributed by atoms with Crippen LogP contribution in [0.2, 0.25) is 0 Å². The minimum atomic E-state index is -0.455. The first-order valence-corrected chi connectivity index (χ1v) is 10.1. The fraction of sp³-hybridized carbons (Fsp3) is 0.250. The number of methoxy groups -OCH3 is 1. The van der Waals surface area contributed by atoms with E-state index in [1.165, 1.54) is 0 Å². The Morgan fingerprint density at radius 1 is 1.13 bits per heavy atom. The third kappa shape index (κ3) is 3.99. The summed E-state index contributed by atoms with van der Waals surface area (Å²) in [5, 5.41) is 0.972. The summed E-state index contributed by atoms with van der Waals surface area (Å²) < 4.78 is 23.6. The number of carbonyl (C=O) groups excluding carboxylic acids is 2. The summed E-state index contributed by atoms with van der Waals surface area (Å²) in [6, 6.07) is 10.7. The predicted octanol–water partition coefficient (Wildman–Crippen LogP) is 4.23. The molecular weight excluding hydrogens is 398 g/mol. The highest BCUT2D eigenvalue weighted by Crippen LogP contribution is 2.36. The molecule has 0 bridgehead atoms. The highest BCUT2D eigenvalue weighted by Gasteiger charge is 2.28. The Hall–Kier alpha value is -3.74. The first-order chi connectivity index (χ1) is 15.0. The molecule has 0 amide bonds. The maximum atomic E-state index is 12.9. The lowest BCUT2D eigenvalue weighted by Gasteiger charge is -2.06. The van der Waals surface area contributed by atoms with Gasteiger partial charge in [0.25, 0.3) is 0 Å². The van der Waals surface area contributed by atoms with Crippen molar-refractivity contribution in [3.05, 3.63) is 59.5 Å². The van der Waals surface area contributed by atoms with Crippen molar-refractivity contribution in [1.29, 1.82) is 0 Å². The number of rotatable bonds is 7. The summed E-state index contributed by atoms with van der Waals surface area (Å²) in [5.41, 5.74) is 2.37. The largest absolute Gasteiger partial charge is 0.497 e. The molecule has 1 aliphatic heterocycles. The number of hydrogen-bond acceptors (Lipinski definition) is 6. The molecule has 0 saturated carbocycles. The van der Waals surface area contributed by atoms with Gasteiger partial charge in [-0.25, -0.2) is 4.79 Å². The molecule has 0 fully saturated rings. The topological polar surface area (TPSA) is 76.0 Å². The Labute approximate surface area is 179 Å². The molecule has 0 aliphatic carbocycles. The van der Waals surface area contributed by atoms with E-state index in [4.69, 9.17) is 18.9 Å². The Kier molecular flexibility index (Phi) is 5.66. The van der Waals surface area contributed by atoms with Gasteiger partial charge < -0.3 is 23.5 Å². The smallest absolute Gasteiger partial charge is 0.344 e. The molecule has 7 heteroatoms. The van der Waals surface area contributed by atoms with Crippen LogP contribution < -0.4 is 14.2 Å². The Morgan fingerprint density at radius 2 is 1.94 bits per heavy atom. The Morgan fingerprint density at radius 3 is 2.68 bits per heavy atom. The van der Waals surface area contributed by atoms with Crippen LogP contribution in [-0.4, -0.2) is 36.6 Å².